The van der Waals surface area contributed by atoms with Crippen LogP contribution >= 0.6 is 0 Å². The van der Waals surface area contributed by atoms with Gasteiger partial charge in [-0.3, -0.25) is 4.68 Å². The van der Waals surface area contributed by atoms with E-state index >= 15 is 0 Å². The zero-order valence-electron chi connectivity index (χ0n) is 12.6. The lowest BCUT2D eigenvalue weighted by atomic mass is 10.3. The normalized spacial score (nSPS) is 12.6. The van der Waals surface area contributed by atoms with Crippen LogP contribution in [0.3, 0.4) is 0 Å². The minimum Gasteiger partial charge on any atom is -0.383 e. The molecule has 0 saturated carbocycles. The molecule has 0 bridgehead atoms. The molecule has 0 aliphatic heterocycles. The number of methoxy groups -OCH3 is 1. The second-order valence-electron chi connectivity index (χ2n) is 5.04. The van der Waals surface area contributed by atoms with Gasteiger partial charge in [-0.25, -0.2) is 4.98 Å². The zero-order valence-corrected chi connectivity index (χ0v) is 12.6. The number of hydrogen-bond acceptors (Lipinski definition) is 4. The van der Waals surface area contributed by atoms with Crippen LogP contribution in [0.15, 0.2) is 18.5 Å². The number of imidazole rings is 1. The Kier molecular flexibility index (Phi) is 4.79. The lowest BCUT2D eigenvalue weighted by Gasteiger charge is -2.16. The Hall–Kier alpha value is -1.82. The first-order valence-corrected chi connectivity index (χ1v) is 6.87. The van der Waals surface area contributed by atoms with Gasteiger partial charge < -0.3 is 14.6 Å². The summed E-state index contributed by atoms with van der Waals surface area (Å²) in [5.74, 6) is 0.897. The van der Waals surface area contributed by atoms with E-state index in [0.717, 1.165) is 24.6 Å². The standard InChI is InChI=1S/C14H23N5O/c1-11-9-19(12(2)10-20-4)14(17-11)15-7-5-13-6-8-16-18(13)3/h6,8-9,12H,5,7,10H2,1-4H3,(H,15,17). The van der Waals surface area contributed by atoms with E-state index in [1.807, 2.05) is 30.9 Å². The van der Waals surface area contributed by atoms with Gasteiger partial charge in [-0.1, -0.05) is 0 Å². The highest BCUT2D eigenvalue weighted by atomic mass is 16.5. The van der Waals surface area contributed by atoms with Crippen molar-refractivity contribution >= 4 is 5.95 Å². The first-order chi connectivity index (χ1) is 9.61. The maximum atomic E-state index is 5.21. The van der Waals surface area contributed by atoms with Crippen molar-refractivity contribution < 1.29 is 4.74 Å². The van der Waals surface area contributed by atoms with E-state index in [2.05, 4.69) is 33.1 Å². The average Bonchev–Trinajstić information content (AvgIpc) is 2.97. The Bertz CT molecular complexity index is 546. The SMILES string of the molecule is COCC(C)n1cc(C)nc1NCCc1ccnn1C. The van der Waals surface area contributed by atoms with Gasteiger partial charge in [0.1, 0.15) is 0 Å². The van der Waals surface area contributed by atoms with Crippen molar-refractivity contribution in [2.75, 3.05) is 25.6 Å². The third kappa shape index (κ3) is 3.39. The van der Waals surface area contributed by atoms with Crippen LogP contribution in [0, 0.1) is 6.92 Å². The summed E-state index contributed by atoms with van der Waals surface area (Å²) in [6, 6.07) is 2.30. The highest BCUT2D eigenvalue weighted by Crippen LogP contribution is 2.16. The van der Waals surface area contributed by atoms with Crippen molar-refractivity contribution in [2.45, 2.75) is 26.3 Å². The molecular formula is C14H23N5O. The molecule has 0 aliphatic carbocycles. The molecule has 0 spiro atoms. The fraction of sp³-hybridized carbons (Fsp3) is 0.571. The van der Waals surface area contributed by atoms with Crippen molar-refractivity contribution in [2.24, 2.45) is 7.05 Å². The highest BCUT2D eigenvalue weighted by Gasteiger charge is 2.11. The van der Waals surface area contributed by atoms with Crippen LogP contribution in [0.1, 0.15) is 24.4 Å². The van der Waals surface area contributed by atoms with Crippen LogP contribution in [0.5, 0.6) is 0 Å². The van der Waals surface area contributed by atoms with Gasteiger partial charge in [-0.05, 0) is 19.9 Å². The molecule has 0 aliphatic rings. The molecule has 0 radical (unpaired) electrons. The topological polar surface area (TPSA) is 56.9 Å². The molecule has 1 N–H and O–H groups in total. The molecule has 0 saturated heterocycles. The smallest absolute Gasteiger partial charge is 0.203 e. The van der Waals surface area contributed by atoms with Crippen LogP contribution in [-0.2, 0) is 18.2 Å². The number of nitrogens with zero attached hydrogens (tertiary/aromatic N) is 4. The van der Waals surface area contributed by atoms with Gasteiger partial charge >= 0.3 is 0 Å². The predicted molar refractivity (Wildman–Crippen MR) is 79.0 cm³/mol. The molecule has 110 valence electrons. The molecule has 6 nitrogen and oxygen atoms in total. The van der Waals surface area contributed by atoms with Crippen molar-refractivity contribution in [3.05, 3.63) is 29.8 Å². The number of ether oxygens (including phenoxy) is 1. The number of anilines is 1. The third-order valence-corrected chi connectivity index (χ3v) is 3.32. The molecule has 2 aromatic rings. The summed E-state index contributed by atoms with van der Waals surface area (Å²) < 4.78 is 9.24. The fourth-order valence-corrected chi connectivity index (χ4v) is 2.25. The van der Waals surface area contributed by atoms with Gasteiger partial charge in [0.05, 0.1) is 18.3 Å². The van der Waals surface area contributed by atoms with Crippen molar-refractivity contribution in [1.29, 1.82) is 0 Å². The molecule has 2 aromatic heterocycles. The van der Waals surface area contributed by atoms with E-state index in [0.29, 0.717) is 6.61 Å². The fourth-order valence-electron chi connectivity index (χ4n) is 2.25. The van der Waals surface area contributed by atoms with E-state index in [9.17, 15) is 0 Å². The quantitative estimate of drug-likeness (QED) is 0.838. The van der Waals surface area contributed by atoms with E-state index in [1.54, 1.807) is 7.11 Å². The van der Waals surface area contributed by atoms with Gasteiger partial charge in [0.2, 0.25) is 5.95 Å². The molecule has 1 unspecified atom stereocenters. The summed E-state index contributed by atoms with van der Waals surface area (Å²) in [4.78, 5) is 4.53. The summed E-state index contributed by atoms with van der Waals surface area (Å²) in [6.45, 7) is 5.63. The van der Waals surface area contributed by atoms with Crippen molar-refractivity contribution in [3.63, 3.8) is 0 Å². The maximum absolute atomic E-state index is 5.21. The summed E-state index contributed by atoms with van der Waals surface area (Å²) in [7, 11) is 3.68. The molecule has 20 heavy (non-hydrogen) atoms. The number of nitrogens with one attached hydrogen (secondary N) is 1. The second kappa shape index (κ2) is 6.56. The third-order valence-electron chi connectivity index (χ3n) is 3.32. The second-order valence-corrected chi connectivity index (χ2v) is 5.04. The highest BCUT2D eigenvalue weighted by molar-refractivity contribution is 5.29. The van der Waals surface area contributed by atoms with Gasteiger partial charge in [0.25, 0.3) is 0 Å². The number of aryl methyl sites for hydroxylation is 2. The monoisotopic (exact) mass is 277 g/mol. The number of hydrogen-bond donors (Lipinski definition) is 1. The van der Waals surface area contributed by atoms with Gasteiger partial charge in [-0.2, -0.15) is 5.10 Å². The van der Waals surface area contributed by atoms with Gasteiger partial charge in [0.15, 0.2) is 0 Å². The Morgan fingerprint density at radius 1 is 1.45 bits per heavy atom. The van der Waals surface area contributed by atoms with Crippen LogP contribution < -0.4 is 5.32 Å². The van der Waals surface area contributed by atoms with Crippen molar-refractivity contribution in [1.82, 2.24) is 19.3 Å². The maximum Gasteiger partial charge on any atom is 0.203 e. The van der Waals surface area contributed by atoms with E-state index in [1.165, 1.54) is 5.69 Å². The number of aromatic nitrogens is 4. The first-order valence-electron chi connectivity index (χ1n) is 6.87. The minimum absolute atomic E-state index is 0.264. The average molecular weight is 277 g/mol. The minimum atomic E-state index is 0.264. The van der Waals surface area contributed by atoms with Crippen LogP contribution in [0.4, 0.5) is 5.95 Å². The molecule has 0 amide bonds. The van der Waals surface area contributed by atoms with Gasteiger partial charge in [0, 0.05) is 45.2 Å². The first kappa shape index (κ1) is 14.6. The number of rotatable bonds is 7. The predicted octanol–water partition coefficient (Wildman–Crippen LogP) is 1.79. The van der Waals surface area contributed by atoms with Crippen molar-refractivity contribution in [3.8, 4) is 0 Å². The molecule has 0 aromatic carbocycles. The lowest BCUT2D eigenvalue weighted by Crippen LogP contribution is -2.16. The molecule has 2 heterocycles. The molecule has 0 fully saturated rings. The molecular weight excluding hydrogens is 254 g/mol. The summed E-state index contributed by atoms with van der Waals surface area (Å²) in [6.07, 6.45) is 4.79. The zero-order chi connectivity index (χ0) is 14.5. The Morgan fingerprint density at radius 2 is 2.25 bits per heavy atom. The Morgan fingerprint density at radius 3 is 2.90 bits per heavy atom. The van der Waals surface area contributed by atoms with Crippen LogP contribution in [0.2, 0.25) is 0 Å². The summed E-state index contributed by atoms with van der Waals surface area (Å²) >= 11 is 0. The Labute approximate surface area is 119 Å². The summed E-state index contributed by atoms with van der Waals surface area (Å²) in [5.41, 5.74) is 2.22. The van der Waals surface area contributed by atoms with E-state index in [-0.39, 0.29) is 6.04 Å². The molecule has 1 atom stereocenters. The summed E-state index contributed by atoms with van der Waals surface area (Å²) in [5, 5.41) is 7.56. The van der Waals surface area contributed by atoms with Crippen LogP contribution in [-0.4, -0.2) is 39.6 Å². The molecule has 6 heteroatoms. The van der Waals surface area contributed by atoms with Gasteiger partial charge in [-0.15, -0.1) is 0 Å². The van der Waals surface area contributed by atoms with Crippen LogP contribution in [0.25, 0.3) is 0 Å². The van der Waals surface area contributed by atoms with E-state index in [4.69, 9.17) is 4.74 Å². The molecule has 2 rings (SSSR count). The van der Waals surface area contributed by atoms with E-state index < -0.39 is 0 Å². The Balaban J connectivity index is 1.97. The lowest BCUT2D eigenvalue weighted by molar-refractivity contribution is 0.163. The largest absolute Gasteiger partial charge is 0.383 e.